The lowest BCUT2D eigenvalue weighted by Gasteiger charge is -2.20. The molecule has 0 spiro atoms. The van der Waals surface area contributed by atoms with Gasteiger partial charge in [-0.25, -0.2) is 8.78 Å². The lowest BCUT2D eigenvalue weighted by molar-refractivity contribution is 0.446. The van der Waals surface area contributed by atoms with Crippen molar-refractivity contribution in [2.24, 2.45) is 0 Å². The zero-order valence-electron chi connectivity index (χ0n) is 11.1. The van der Waals surface area contributed by atoms with Gasteiger partial charge in [-0.3, -0.25) is 0 Å². The van der Waals surface area contributed by atoms with Crippen molar-refractivity contribution >= 4 is 0 Å². The SMILES string of the molecule is C=C(C)CCC(NCCC)c1c(F)cccc1F. The second-order valence-electron chi connectivity index (χ2n) is 4.64. The van der Waals surface area contributed by atoms with Crippen LogP contribution in [0.2, 0.25) is 0 Å². The molecule has 0 saturated carbocycles. The van der Waals surface area contributed by atoms with Crippen LogP contribution in [0.4, 0.5) is 8.78 Å². The maximum absolute atomic E-state index is 13.7. The minimum absolute atomic E-state index is 0.146. The molecule has 1 aromatic carbocycles. The van der Waals surface area contributed by atoms with Crippen molar-refractivity contribution in [2.45, 2.75) is 39.2 Å². The number of nitrogens with one attached hydrogen (secondary N) is 1. The van der Waals surface area contributed by atoms with Gasteiger partial charge in [0.05, 0.1) is 0 Å². The molecule has 0 saturated heterocycles. The molecular weight excluding hydrogens is 232 g/mol. The smallest absolute Gasteiger partial charge is 0.130 e. The van der Waals surface area contributed by atoms with Gasteiger partial charge in [0, 0.05) is 11.6 Å². The standard InChI is InChI=1S/C15H21F2N/c1-4-10-18-14(9-8-11(2)3)15-12(16)6-5-7-13(15)17/h5-7,14,18H,2,4,8-10H2,1,3H3. The van der Waals surface area contributed by atoms with Crippen LogP contribution < -0.4 is 5.32 Å². The summed E-state index contributed by atoms with van der Waals surface area (Å²) in [5.74, 6) is -0.962. The average molecular weight is 253 g/mol. The fraction of sp³-hybridized carbons (Fsp3) is 0.467. The molecule has 0 amide bonds. The Morgan fingerprint density at radius 3 is 2.44 bits per heavy atom. The van der Waals surface area contributed by atoms with Crippen molar-refractivity contribution in [1.29, 1.82) is 0 Å². The summed E-state index contributed by atoms with van der Waals surface area (Å²) in [6, 6.07) is 3.71. The van der Waals surface area contributed by atoms with E-state index in [0.717, 1.165) is 25.0 Å². The molecule has 1 nitrogen and oxygen atoms in total. The Morgan fingerprint density at radius 2 is 1.94 bits per heavy atom. The van der Waals surface area contributed by atoms with Crippen molar-refractivity contribution < 1.29 is 8.78 Å². The summed E-state index contributed by atoms with van der Waals surface area (Å²) in [6.07, 6.45) is 2.35. The number of hydrogen-bond donors (Lipinski definition) is 1. The van der Waals surface area contributed by atoms with Crippen molar-refractivity contribution in [3.63, 3.8) is 0 Å². The highest BCUT2D eigenvalue weighted by Gasteiger charge is 2.19. The molecule has 1 unspecified atom stereocenters. The topological polar surface area (TPSA) is 12.0 Å². The number of benzene rings is 1. The Labute approximate surface area is 108 Å². The fourth-order valence-corrected chi connectivity index (χ4v) is 1.90. The van der Waals surface area contributed by atoms with Gasteiger partial charge in [0.1, 0.15) is 11.6 Å². The van der Waals surface area contributed by atoms with E-state index in [4.69, 9.17) is 0 Å². The van der Waals surface area contributed by atoms with E-state index in [2.05, 4.69) is 11.9 Å². The molecule has 100 valence electrons. The first-order valence-electron chi connectivity index (χ1n) is 6.38. The second-order valence-corrected chi connectivity index (χ2v) is 4.64. The highest BCUT2D eigenvalue weighted by molar-refractivity contribution is 5.23. The first-order valence-corrected chi connectivity index (χ1v) is 6.38. The van der Waals surface area contributed by atoms with Gasteiger partial charge in [0.15, 0.2) is 0 Å². The maximum Gasteiger partial charge on any atom is 0.130 e. The minimum atomic E-state index is -0.481. The summed E-state index contributed by atoms with van der Waals surface area (Å²) in [5, 5.41) is 3.20. The molecule has 18 heavy (non-hydrogen) atoms. The quantitative estimate of drug-likeness (QED) is 0.712. The Bertz CT molecular complexity index is 381. The molecule has 0 aliphatic heterocycles. The highest BCUT2D eigenvalue weighted by atomic mass is 19.1. The minimum Gasteiger partial charge on any atom is -0.310 e. The van der Waals surface area contributed by atoms with E-state index in [1.165, 1.54) is 18.2 Å². The molecule has 0 aliphatic rings. The zero-order chi connectivity index (χ0) is 13.5. The zero-order valence-corrected chi connectivity index (χ0v) is 11.1. The third-order valence-corrected chi connectivity index (χ3v) is 2.85. The van der Waals surface area contributed by atoms with E-state index < -0.39 is 11.6 Å². The lowest BCUT2D eigenvalue weighted by Crippen LogP contribution is -2.24. The van der Waals surface area contributed by atoms with Crippen LogP contribution in [0.3, 0.4) is 0 Å². The predicted molar refractivity (Wildman–Crippen MR) is 71.4 cm³/mol. The maximum atomic E-state index is 13.7. The summed E-state index contributed by atoms with van der Waals surface area (Å²) < 4.78 is 27.5. The summed E-state index contributed by atoms with van der Waals surface area (Å²) in [5.41, 5.74) is 1.17. The monoisotopic (exact) mass is 253 g/mol. The van der Waals surface area contributed by atoms with E-state index in [1.54, 1.807) is 0 Å². The molecule has 0 radical (unpaired) electrons. The second kappa shape index (κ2) is 7.27. The largest absolute Gasteiger partial charge is 0.310 e. The van der Waals surface area contributed by atoms with Gasteiger partial charge in [0.2, 0.25) is 0 Å². The van der Waals surface area contributed by atoms with Crippen LogP contribution in [-0.2, 0) is 0 Å². The van der Waals surface area contributed by atoms with Crippen LogP contribution in [0, 0.1) is 11.6 Å². The third-order valence-electron chi connectivity index (χ3n) is 2.85. The van der Waals surface area contributed by atoms with Gasteiger partial charge in [-0.05, 0) is 44.9 Å². The van der Waals surface area contributed by atoms with Crippen molar-refractivity contribution in [2.75, 3.05) is 6.54 Å². The van der Waals surface area contributed by atoms with E-state index in [9.17, 15) is 8.78 Å². The van der Waals surface area contributed by atoms with Gasteiger partial charge >= 0.3 is 0 Å². The van der Waals surface area contributed by atoms with Crippen LogP contribution in [0.15, 0.2) is 30.4 Å². The Morgan fingerprint density at radius 1 is 1.33 bits per heavy atom. The molecule has 0 aliphatic carbocycles. The van der Waals surface area contributed by atoms with Crippen molar-refractivity contribution in [1.82, 2.24) is 5.32 Å². The highest BCUT2D eigenvalue weighted by Crippen LogP contribution is 2.25. The van der Waals surface area contributed by atoms with Crippen LogP contribution in [0.1, 0.15) is 44.7 Å². The van der Waals surface area contributed by atoms with Crippen molar-refractivity contribution in [3.05, 3.63) is 47.5 Å². The van der Waals surface area contributed by atoms with Gasteiger partial charge in [0.25, 0.3) is 0 Å². The molecule has 1 N–H and O–H groups in total. The van der Waals surface area contributed by atoms with E-state index in [-0.39, 0.29) is 11.6 Å². The molecular formula is C15H21F2N. The van der Waals surface area contributed by atoms with Gasteiger partial charge in [-0.15, -0.1) is 6.58 Å². The molecule has 0 heterocycles. The van der Waals surface area contributed by atoms with Gasteiger partial charge in [-0.2, -0.15) is 0 Å². The van der Waals surface area contributed by atoms with Crippen LogP contribution in [0.25, 0.3) is 0 Å². The van der Waals surface area contributed by atoms with Crippen molar-refractivity contribution in [3.8, 4) is 0 Å². The van der Waals surface area contributed by atoms with Crippen LogP contribution in [-0.4, -0.2) is 6.54 Å². The summed E-state index contributed by atoms with van der Waals surface area (Å²) in [4.78, 5) is 0. The number of hydrogen-bond acceptors (Lipinski definition) is 1. The molecule has 3 heteroatoms. The summed E-state index contributed by atoms with van der Waals surface area (Å²) >= 11 is 0. The first kappa shape index (κ1) is 14.8. The molecule has 1 atom stereocenters. The lowest BCUT2D eigenvalue weighted by atomic mass is 9.98. The summed E-state index contributed by atoms with van der Waals surface area (Å²) in [7, 11) is 0. The first-order chi connectivity index (χ1) is 8.56. The van der Waals surface area contributed by atoms with E-state index in [1.807, 2.05) is 13.8 Å². The Balaban J connectivity index is 2.89. The normalized spacial score (nSPS) is 12.4. The molecule has 0 aromatic heterocycles. The number of halogens is 2. The van der Waals surface area contributed by atoms with Gasteiger partial charge < -0.3 is 5.32 Å². The predicted octanol–water partition coefficient (Wildman–Crippen LogP) is 4.36. The fourth-order valence-electron chi connectivity index (χ4n) is 1.90. The molecule has 0 fully saturated rings. The number of allylic oxidation sites excluding steroid dienone is 1. The molecule has 0 bridgehead atoms. The number of rotatable bonds is 7. The van der Waals surface area contributed by atoms with Crippen LogP contribution in [0.5, 0.6) is 0 Å². The van der Waals surface area contributed by atoms with E-state index >= 15 is 0 Å². The molecule has 1 aromatic rings. The Kier molecular flexibility index (Phi) is 5.99. The van der Waals surface area contributed by atoms with Gasteiger partial charge in [-0.1, -0.05) is 18.6 Å². The van der Waals surface area contributed by atoms with Crippen LogP contribution >= 0.6 is 0 Å². The van der Waals surface area contributed by atoms with E-state index in [0.29, 0.717) is 6.42 Å². The third kappa shape index (κ3) is 4.22. The molecule has 1 rings (SSSR count). The summed E-state index contributed by atoms with van der Waals surface area (Å²) in [6.45, 7) is 8.53. The Hall–Kier alpha value is -1.22. The average Bonchev–Trinajstić information content (AvgIpc) is 2.31.